The standard InChI is InChI=1S/C22H29N5/c1-17(2)27-21-11-7-6-10-20(21)24-22(27)19(23)16-25-12-14-26(15-13-25)18-8-4-3-5-9-18/h3-11,17,19H,12-16,23H2,1-2H3. The molecule has 1 saturated heterocycles. The molecule has 0 bridgehead atoms. The summed E-state index contributed by atoms with van der Waals surface area (Å²) in [5.41, 5.74) is 10.1. The maximum atomic E-state index is 6.64. The summed E-state index contributed by atoms with van der Waals surface area (Å²) >= 11 is 0. The van der Waals surface area contributed by atoms with Crippen molar-refractivity contribution in [1.82, 2.24) is 14.5 Å². The summed E-state index contributed by atoms with van der Waals surface area (Å²) in [5, 5.41) is 0. The summed E-state index contributed by atoms with van der Waals surface area (Å²) < 4.78 is 2.29. The molecule has 1 unspecified atom stereocenters. The van der Waals surface area contributed by atoms with Crippen molar-refractivity contribution in [3.8, 4) is 0 Å². The van der Waals surface area contributed by atoms with Gasteiger partial charge in [-0.25, -0.2) is 4.98 Å². The zero-order valence-electron chi connectivity index (χ0n) is 16.3. The molecule has 4 rings (SSSR count). The van der Waals surface area contributed by atoms with E-state index in [1.165, 1.54) is 11.2 Å². The monoisotopic (exact) mass is 363 g/mol. The van der Waals surface area contributed by atoms with Crippen molar-refractivity contribution in [3.63, 3.8) is 0 Å². The van der Waals surface area contributed by atoms with Crippen molar-refractivity contribution in [1.29, 1.82) is 0 Å². The second-order valence-corrected chi connectivity index (χ2v) is 7.65. The summed E-state index contributed by atoms with van der Waals surface area (Å²) in [6.45, 7) is 9.38. The smallest absolute Gasteiger partial charge is 0.128 e. The quantitative estimate of drug-likeness (QED) is 0.754. The number of hydrogen-bond donors (Lipinski definition) is 1. The summed E-state index contributed by atoms with van der Waals surface area (Å²) in [6, 6.07) is 19.2. The Balaban J connectivity index is 1.45. The van der Waals surface area contributed by atoms with Gasteiger partial charge in [0, 0.05) is 44.5 Å². The normalized spacial score (nSPS) is 17.0. The van der Waals surface area contributed by atoms with Crippen LogP contribution >= 0.6 is 0 Å². The molecule has 0 aliphatic carbocycles. The first-order valence-corrected chi connectivity index (χ1v) is 9.88. The fourth-order valence-corrected chi connectivity index (χ4v) is 4.05. The minimum absolute atomic E-state index is 0.0805. The van der Waals surface area contributed by atoms with Crippen LogP contribution in [0.15, 0.2) is 54.6 Å². The van der Waals surface area contributed by atoms with E-state index in [4.69, 9.17) is 10.7 Å². The van der Waals surface area contributed by atoms with Crippen molar-refractivity contribution in [2.45, 2.75) is 25.9 Å². The van der Waals surface area contributed by atoms with Gasteiger partial charge in [0.1, 0.15) is 5.82 Å². The number of aromatic nitrogens is 2. The van der Waals surface area contributed by atoms with Crippen LogP contribution in [-0.4, -0.2) is 47.2 Å². The predicted molar refractivity (Wildman–Crippen MR) is 112 cm³/mol. The maximum absolute atomic E-state index is 6.64. The molecule has 5 heteroatoms. The number of hydrogen-bond acceptors (Lipinski definition) is 4. The number of fused-ring (bicyclic) bond motifs is 1. The molecule has 2 N–H and O–H groups in total. The number of para-hydroxylation sites is 3. The number of rotatable bonds is 5. The van der Waals surface area contributed by atoms with E-state index >= 15 is 0 Å². The van der Waals surface area contributed by atoms with Crippen molar-refractivity contribution in [2.75, 3.05) is 37.6 Å². The Bertz CT molecular complexity index is 878. The zero-order valence-corrected chi connectivity index (χ0v) is 16.3. The van der Waals surface area contributed by atoms with Gasteiger partial charge in [-0.2, -0.15) is 0 Å². The van der Waals surface area contributed by atoms with E-state index in [9.17, 15) is 0 Å². The van der Waals surface area contributed by atoms with Gasteiger partial charge in [-0.1, -0.05) is 30.3 Å². The predicted octanol–water partition coefficient (Wildman–Crippen LogP) is 3.44. The molecule has 1 atom stereocenters. The Labute approximate surface area is 161 Å². The fourth-order valence-electron chi connectivity index (χ4n) is 4.05. The third kappa shape index (κ3) is 3.70. The van der Waals surface area contributed by atoms with Gasteiger partial charge in [-0.15, -0.1) is 0 Å². The molecule has 3 aromatic rings. The van der Waals surface area contributed by atoms with E-state index < -0.39 is 0 Å². The van der Waals surface area contributed by atoms with Gasteiger partial charge in [0.15, 0.2) is 0 Å². The molecule has 5 nitrogen and oxygen atoms in total. The Hall–Kier alpha value is -2.37. The fraction of sp³-hybridized carbons (Fsp3) is 0.409. The number of nitrogens with zero attached hydrogens (tertiary/aromatic N) is 4. The first kappa shape index (κ1) is 18.0. The van der Waals surface area contributed by atoms with Gasteiger partial charge in [0.2, 0.25) is 0 Å². The average Bonchev–Trinajstić information content (AvgIpc) is 3.09. The Morgan fingerprint density at radius 2 is 1.59 bits per heavy atom. The Kier molecular flexibility index (Phi) is 5.14. The molecule has 0 saturated carbocycles. The van der Waals surface area contributed by atoms with Crippen LogP contribution in [0.3, 0.4) is 0 Å². The molecule has 1 aliphatic heterocycles. The van der Waals surface area contributed by atoms with Crippen LogP contribution in [0.4, 0.5) is 5.69 Å². The van der Waals surface area contributed by atoms with Crippen LogP contribution in [0.5, 0.6) is 0 Å². The lowest BCUT2D eigenvalue weighted by molar-refractivity contribution is 0.239. The maximum Gasteiger partial charge on any atom is 0.128 e. The minimum Gasteiger partial charge on any atom is -0.369 e. The molecule has 27 heavy (non-hydrogen) atoms. The summed E-state index contributed by atoms with van der Waals surface area (Å²) in [6.07, 6.45) is 0. The molecule has 142 valence electrons. The molecule has 0 spiro atoms. The van der Waals surface area contributed by atoms with Gasteiger partial charge < -0.3 is 15.2 Å². The lowest BCUT2D eigenvalue weighted by Gasteiger charge is -2.37. The molecule has 2 aromatic carbocycles. The van der Waals surface area contributed by atoms with Crippen molar-refractivity contribution in [3.05, 3.63) is 60.4 Å². The summed E-state index contributed by atoms with van der Waals surface area (Å²) in [5.74, 6) is 0.997. The number of nitrogens with two attached hydrogens (primary N) is 1. The van der Waals surface area contributed by atoms with Crippen LogP contribution in [0.2, 0.25) is 0 Å². The third-order valence-corrected chi connectivity index (χ3v) is 5.42. The molecule has 0 amide bonds. The van der Waals surface area contributed by atoms with E-state index in [1.54, 1.807) is 0 Å². The van der Waals surface area contributed by atoms with Crippen LogP contribution in [0, 0.1) is 0 Å². The highest BCUT2D eigenvalue weighted by Gasteiger charge is 2.23. The Morgan fingerprint density at radius 1 is 0.926 bits per heavy atom. The summed E-state index contributed by atoms with van der Waals surface area (Å²) in [4.78, 5) is 9.78. The zero-order chi connectivity index (χ0) is 18.8. The van der Waals surface area contributed by atoms with Gasteiger partial charge in [0.05, 0.1) is 17.1 Å². The molecule has 1 aliphatic rings. The van der Waals surface area contributed by atoms with E-state index in [0.717, 1.165) is 44.1 Å². The lowest BCUT2D eigenvalue weighted by Crippen LogP contribution is -2.48. The first-order valence-electron chi connectivity index (χ1n) is 9.88. The van der Waals surface area contributed by atoms with Crippen LogP contribution < -0.4 is 10.6 Å². The van der Waals surface area contributed by atoms with Crippen molar-refractivity contribution < 1.29 is 0 Å². The molecule has 2 heterocycles. The number of anilines is 1. The number of piperazine rings is 1. The topological polar surface area (TPSA) is 50.3 Å². The van der Waals surface area contributed by atoms with Gasteiger partial charge in [-0.05, 0) is 38.1 Å². The van der Waals surface area contributed by atoms with Crippen LogP contribution in [0.1, 0.15) is 31.8 Å². The molecule has 1 aromatic heterocycles. The van der Waals surface area contributed by atoms with E-state index in [1.807, 2.05) is 6.07 Å². The second-order valence-electron chi connectivity index (χ2n) is 7.65. The molecular weight excluding hydrogens is 334 g/mol. The summed E-state index contributed by atoms with van der Waals surface area (Å²) in [7, 11) is 0. The minimum atomic E-state index is -0.0805. The van der Waals surface area contributed by atoms with Gasteiger partial charge >= 0.3 is 0 Å². The van der Waals surface area contributed by atoms with Crippen molar-refractivity contribution in [2.24, 2.45) is 5.73 Å². The molecule has 0 radical (unpaired) electrons. The number of benzene rings is 2. The average molecular weight is 364 g/mol. The SMILES string of the molecule is CC(C)n1c(C(N)CN2CCN(c3ccccc3)CC2)nc2ccccc21. The highest BCUT2D eigenvalue weighted by molar-refractivity contribution is 5.76. The first-order chi connectivity index (χ1) is 13.1. The highest BCUT2D eigenvalue weighted by Crippen LogP contribution is 2.25. The number of imidazole rings is 1. The largest absolute Gasteiger partial charge is 0.369 e. The van der Waals surface area contributed by atoms with Crippen LogP contribution in [-0.2, 0) is 0 Å². The molecular formula is C22H29N5. The third-order valence-electron chi connectivity index (χ3n) is 5.42. The van der Waals surface area contributed by atoms with Gasteiger partial charge in [0.25, 0.3) is 0 Å². The highest BCUT2D eigenvalue weighted by atomic mass is 15.3. The van der Waals surface area contributed by atoms with Crippen LogP contribution in [0.25, 0.3) is 11.0 Å². The lowest BCUT2D eigenvalue weighted by atomic mass is 10.2. The second kappa shape index (κ2) is 7.71. The van der Waals surface area contributed by atoms with E-state index in [-0.39, 0.29) is 6.04 Å². The van der Waals surface area contributed by atoms with Gasteiger partial charge in [-0.3, -0.25) is 4.90 Å². The van der Waals surface area contributed by atoms with Crippen molar-refractivity contribution >= 4 is 16.7 Å². The Morgan fingerprint density at radius 3 is 2.30 bits per heavy atom. The van der Waals surface area contributed by atoms with E-state index in [2.05, 4.69) is 76.7 Å². The molecule has 1 fully saturated rings. The van der Waals surface area contributed by atoms with E-state index in [0.29, 0.717) is 6.04 Å².